The van der Waals surface area contributed by atoms with E-state index in [-0.39, 0.29) is 47.3 Å². The van der Waals surface area contributed by atoms with Crippen LogP contribution in [0.1, 0.15) is 72.6 Å². The van der Waals surface area contributed by atoms with Crippen molar-refractivity contribution in [3.63, 3.8) is 0 Å². The van der Waals surface area contributed by atoms with Gasteiger partial charge in [0.2, 0.25) is 5.78 Å². The van der Waals surface area contributed by atoms with Gasteiger partial charge in [-0.2, -0.15) is 0 Å². The quantitative estimate of drug-likeness (QED) is 0.574. The minimum absolute atomic E-state index is 0.0933. The fourth-order valence-corrected chi connectivity index (χ4v) is 8.16. The first-order chi connectivity index (χ1) is 15.7. The minimum atomic E-state index is -1.06. The van der Waals surface area contributed by atoms with Crippen LogP contribution >= 0.6 is 0 Å². The smallest absolute Gasteiger partial charge is 0.303 e. The van der Waals surface area contributed by atoms with Crippen LogP contribution in [-0.2, 0) is 28.6 Å². The molecule has 8 atom stereocenters. The Labute approximate surface area is 196 Å². The topological polar surface area (TPSA) is 78.9 Å². The lowest BCUT2D eigenvalue weighted by Crippen LogP contribution is -2.60. The van der Waals surface area contributed by atoms with Crippen LogP contribution in [0, 0.1) is 28.6 Å². The van der Waals surface area contributed by atoms with Gasteiger partial charge >= 0.3 is 5.97 Å². The average Bonchev–Trinajstić information content (AvgIpc) is 3.25. The normalized spacial score (nSPS) is 45.5. The maximum atomic E-state index is 13.7. The number of allylic oxidation sites excluding steroid dienone is 4. The van der Waals surface area contributed by atoms with E-state index in [1.807, 2.05) is 6.08 Å². The molecule has 1 aliphatic heterocycles. The molecule has 0 spiro atoms. The zero-order valence-corrected chi connectivity index (χ0v) is 20.2. The van der Waals surface area contributed by atoms with Crippen LogP contribution in [0.15, 0.2) is 23.8 Å². The molecule has 0 amide bonds. The van der Waals surface area contributed by atoms with Crippen molar-refractivity contribution in [2.24, 2.45) is 28.6 Å². The predicted molar refractivity (Wildman–Crippen MR) is 121 cm³/mol. The molecule has 5 rings (SSSR count). The Balaban J connectivity index is 1.49. The van der Waals surface area contributed by atoms with Gasteiger partial charge in [0.05, 0.1) is 6.10 Å². The predicted octanol–water partition coefficient (Wildman–Crippen LogP) is 4.32. The van der Waals surface area contributed by atoms with Crippen LogP contribution in [0.25, 0.3) is 0 Å². The van der Waals surface area contributed by atoms with Gasteiger partial charge in [0.15, 0.2) is 24.3 Å². The van der Waals surface area contributed by atoms with Gasteiger partial charge < -0.3 is 14.2 Å². The van der Waals surface area contributed by atoms with Gasteiger partial charge in [-0.05, 0) is 68.4 Å². The molecular formula is C27H36O6. The van der Waals surface area contributed by atoms with Gasteiger partial charge in [-0.15, -0.1) is 0 Å². The molecule has 0 radical (unpaired) electrons. The third-order valence-electron chi connectivity index (χ3n) is 9.69. The number of carbonyl (C=O) groups excluding carboxylic acids is 3. The van der Waals surface area contributed by atoms with Gasteiger partial charge in [-0.3, -0.25) is 14.4 Å². The molecule has 4 aliphatic carbocycles. The fraction of sp³-hybridized carbons (Fsp3) is 0.741. The second-order valence-electron chi connectivity index (χ2n) is 11.2. The highest BCUT2D eigenvalue weighted by Crippen LogP contribution is 2.69. The van der Waals surface area contributed by atoms with Crippen LogP contribution < -0.4 is 0 Å². The highest BCUT2D eigenvalue weighted by Gasteiger charge is 2.74. The van der Waals surface area contributed by atoms with Crippen molar-refractivity contribution in [1.82, 2.24) is 0 Å². The summed E-state index contributed by atoms with van der Waals surface area (Å²) in [6.07, 6.45) is 11.2. The number of ketones is 2. The van der Waals surface area contributed by atoms with Crippen LogP contribution in [-0.4, -0.2) is 42.1 Å². The summed E-state index contributed by atoms with van der Waals surface area (Å²) in [6.45, 7) is 7.64. The lowest BCUT2D eigenvalue weighted by Gasteiger charge is -2.58. The largest absolute Gasteiger partial charge is 0.458 e. The van der Waals surface area contributed by atoms with Crippen molar-refractivity contribution < 1.29 is 28.6 Å². The Hall–Kier alpha value is -1.79. The average molecular weight is 457 g/mol. The van der Waals surface area contributed by atoms with Crippen LogP contribution in [0.4, 0.5) is 0 Å². The number of hydrogen-bond acceptors (Lipinski definition) is 6. The molecule has 6 heteroatoms. The molecule has 0 aromatic heterocycles. The Bertz CT molecular complexity index is 935. The van der Waals surface area contributed by atoms with E-state index in [2.05, 4.69) is 26.8 Å². The maximum Gasteiger partial charge on any atom is 0.303 e. The van der Waals surface area contributed by atoms with E-state index in [4.69, 9.17) is 14.2 Å². The third-order valence-corrected chi connectivity index (χ3v) is 9.69. The molecule has 180 valence electrons. The first kappa shape index (κ1) is 23.0. The summed E-state index contributed by atoms with van der Waals surface area (Å²) in [5.41, 5.74) is -0.274. The number of carbonyl (C=O) groups is 3. The first-order valence-corrected chi connectivity index (χ1v) is 12.6. The zero-order chi connectivity index (χ0) is 23.6. The summed E-state index contributed by atoms with van der Waals surface area (Å²) in [7, 11) is 0. The van der Waals surface area contributed by atoms with Crippen molar-refractivity contribution in [2.45, 2.75) is 90.6 Å². The number of Topliss-reactive ketones (excluding diaryl/α,β-unsaturated/α-hetero) is 1. The molecule has 5 aliphatic rings. The van der Waals surface area contributed by atoms with E-state index in [9.17, 15) is 14.4 Å². The summed E-state index contributed by atoms with van der Waals surface area (Å²) in [6, 6.07) is 0. The fourth-order valence-electron chi connectivity index (χ4n) is 8.16. The molecule has 3 saturated carbocycles. The Kier molecular flexibility index (Phi) is 5.48. The molecule has 1 heterocycles. The molecule has 4 fully saturated rings. The van der Waals surface area contributed by atoms with Gasteiger partial charge in [0.1, 0.15) is 0 Å². The highest BCUT2D eigenvalue weighted by atomic mass is 16.7. The molecule has 33 heavy (non-hydrogen) atoms. The zero-order valence-electron chi connectivity index (χ0n) is 20.2. The molecule has 0 N–H and O–H groups in total. The van der Waals surface area contributed by atoms with E-state index in [1.54, 1.807) is 6.08 Å². The second kappa shape index (κ2) is 7.88. The lowest BCUT2D eigenvalue weighted by atomic mass is 9.47. The van der Waals surface area contributed by atoms with Crippen LogP contribution in [0.3, 0.4) is 0 Å². The maximum absolute atomic E-state index is 13.7. The van der Waals surface area contributed by atoms with E-state index < -0.39 is 11.6 Å². The van der Waals surface area contributed by atoms with E-state index >= 15 is 0 Å². The molecule has 6 unspecified atom stereocenters. The van der Waals surface area contributed by atoms with Crippen LogP contribution in [0.5, 0.6) is 0 Å². The minimum Gasteiger partial charge on any atom is -0.458 e. The summed E-state index contributed by atoms with van der Waals surface area (Å²) < 4.78 is 18.1. The van der Waals surface area contributed by atoms with E-state index in [0.29, 0.717) is 11.8 Å². The SMILES string of the molecule is CCCC1O[C@@H]2CC3C4CCC5=CC(=O)C=CC5(C)C4CCC3(C)[C@]2(C(=O)COC(C)=O)O1. The van der Waals surface area contributed by atoms with Crippen LogP contribution in [0.2, 0.25) is 0 Å². The third kappa shape index (κ3) is 3.16. The Morgan fingerprint density at radius 2 is 2.00 bits per heavy atom. The number of rotatable bonds is 5. The van der Waals surface area contributed by atoms with Gasteiger partial charge in [-0.25, -0.2) is 0 Å². The van der Waals surface area contributed by atoms with Crippen molar-refractivity contribution in [3.05, 3.63) is 23.8 Å². The van der Waals surface area contributed by atoms with Gasteiger partial charge in [0, 0.05) is 17.8 Å². The van der Waals surface area contributed by atoms with E-state index in [1.165, 1.54) is 12.5 Å². The Morgan fingerprint density at radius 1 is 1.21 bits per heavy atom. The number of ether oxygens (including phenoxy) is 3. The molecule has 0 aromatic carbocycles. The van der Waals surface area contributed by atoms with Crippen molar-refractivity contribution in [1.29, 1.82) is 0 Å². The van der Waals surface area contributed by atoms with E-state index in [0.717, 1.165) is 44.9 Å². The molecule has 0 bridgehead atoms. The highest BCUT2D eigenvalue weighted by molar-refractivity contribution is 6.01. The molecule has 0 aromatic rings. The van der Waals surface area contributed by atoms with Crippen molar-refractivity contribution in [3.8, 4) is 0 Å². The first-order valence-electron chi connectivity index (χ1n) is 12.6. The molecule has 6 nitrogen and oxygen atoms in total. The van der Waals surface area contributed by atoms with Gasteiger partial charge in [0.25, 0.3) is 0 Å². The standard InChI is InChI=1S/C27H36O6/c1-5-6-24-32-23-14-21-19-8-7-17-13-18(29)9-11-25(17,3)20(19)10-12-26(21,4)27(23,33-24)22(30)15-31-16(2)28/h9,11,13,19-21,23-24H,5-8,10,12,14-15H2,1-4H3/t19?,20?,21?,23-,24?,25?,26?,27-/m1/s1. The molecular weight excluding hydrogens is 420 g/mol. The summed E-state index contributed by atoms with van der Waals surface area (Å²) in [5.74, 6) is 0.637. The Morgan fingerprint density at radius 3 is 2.73 bits per heavy atom. The number of fused-ring (bicyclic) bond motifs is 7. The number of hydrogen-bond donors (Lipinski definition) is 0. The lowest BCUT2D eigenvalue weighted by molar-refractivity contribution is -0.187. The summed E-state index contributed by atoms with van der Waals surface area (Å²) in [5, 5.41) is 0. The van der Waals surface area contributed by atoms with Crippen molar-refractivity contribution >= 4 is 17.5 Å². The second-order valence-corrected chi connectivity index (χ2v) is 11.2. The molecule has 1 saturated heterocycles. The summed E-state index contributed by atoms with van der Waals surface area (Å²) >= 11 is 0. The van der Waals surface area contributed by atoms with Gasteiger partial charge in [-0.1, -0.05) is 38.8 Å². The number of esters is 1. The monoisotopic (exact) mass is 456 g/mol. The van der Waals surface area contributed by atoms with Crippen molar-refractivity contribution in [2.75, 3.05) is 6.61 Å². The summed E-state index contributed by atoms with van der Waals surface area (Å²) in [4.78, 5) is 37.2.